The molecule has 0 saturated heterocycles. The van der Waals surface area contributed by atoms with E-state index in [0.29, 0.717) is 5.82 Å². The second-order valence-electron chi connectivity index (χ2n) is 3.51. The van der Waals surface area contributed by atoms with Gasteiger partial charge in [0.2, 0.25) is 5.91 Å². The van der Waals surface area contributed by atoms with Crippen LogP contribution in [-0.4, -0.2) is 27.2 Å². The van der Waals surface area contributed by atoms with Gasteiger partial charge in [-0.25, -0.2) is 0 Å². The molecule has 1 aromatic rings. The fourth-order valence-electron chi connectivity index (χ4n) is 1.05. The number of hydrogen-bond donors (Lipinski definition) is 2. The summed E-state index contributed by atoms with van der Waals surface area (Å²) in [4.78, 5) is 22.3. The van der Waals surface area contributed by atoms with Gasteiger partial charge in [-0.15, -0.1) is 5.10 Å². The first-order valence-electron chi connectivity index (χ1n) is 4.83. The van der Waals surface area contributed by atoms with Gasteiger partial charge in [-0.1, -0.05) is 13.8 Å². The smallest absolute Gasteiger partial charge is 0.307 e. The van der Waals surface area contributed by atoms with Gasteiger partial charge >= 0.3 is 5.97 Å². The molecule has 1 aromatic heterocycles. The van der Waals surface area contributed by atoms with Crippen LogP contribution in [0.1, 0.15) is 13.8 Å². The Kier molecular flexibility index (Phi) is 3.93. The summed E-state index contributed by atoms with van der Waals surface area (Å²) in [6.07, 6.45) is 1.49. The van der Waals surface area contributed by atoms with Gasteiger partial charge in [-0.05, 0) is 12.1 Å². The zero-order chi connectivity index (χ0) is 12.1. The van der Waals surface area contributed by atoms with E-state index in [0.717, 1.165) is 0 Å². The summed E-state index contributed by atoms with van der Waals surface area (Å²) in [5.41, 5.74) is 0. The van der Waals surface area contributed by atoms with Gasteiger partial charge in [0.25, 0.3) is 0 Å². The first-order chi connectivity index (χ1) is 7.52. The maximum atomic E-state index is 11.6. The lowest BCUT2D eigenvalue weighted by molar-refractivity contribution is -0.145. The lowest BCUT2D eigenvalue weighted by atomic mass is 9.95. The van der Waals surface area contributed by atoms with Crippen LogP contribution < -0.4 is 5.32 Å². The van der Waals surface area contributed by atoms with Gasteiger partial charge in [0.15, 0.2) is 5.82 Å². The monoisotopic (exact) mass is 223 g/mol. The van der Waals surface area contributed by atoms with Crippen molar-refractivity contribution in [3.8, 4) is 0 Å². The van der Waals surface area contributed by atoms with Gasteiger partial charge in [-0.2, -0.15) is 5.10 Å². The molecule has 1 amide bonds. The van der Waals surface area contributed by atoms with E-state index < -0.39 is 17.8 Å². The van der Waals surface area contributed by atoms with E-state index in [1.54, 1.807) is 19.1 Å². The molecule has 0 aliphatic heterocycles. The minimum atomic E-state index is -0.998. The lowest BCUT2D eigenvalue weighted by Crippen LogP contribution is -2.30. The van der Waals surface area contributed by atoms with E-state index in [1.165, 1.54) is 13.1 Å². The number of aliphatic carboxylic acids is 1. The Morgan fingerprint density at radius 2 is 2.06 bits per heavy atom. The summed E-state index contributed by atoms with van der Waals surface area (Å²) in [5.74, 6) is -2.43. The van der Waals surface area contributed by atoms with Crippen molar-refractivity contribution in [2.45, 2.75) is 13.8 Å². The highest BCUT2D eigenvalue weighted by molar-refractivity contribution is 5.93. The van der Waals surface area contributed by atoms with Crippen molar-refractivity contribution in [2.75, 3.05) is 5.32 Å². The number of anilines is 1. The summed E-state index contributed by atoms with van der Waals surface area (Å²) in [5, 5.41) is 18.5. The average molecular weight is 223 g/mol. The molecule has 0 aliphatic carbocycles. The Bertz CT molecular complexity index is 380. The van der Waals surface area contributed by atoms with Gasteiger partial charge in [0.05, 0.1) is 5.92 Å². The molecule has 0 aromatic carbocycles. The van der Waals surface area contributed by atoms with Crippen LogP contribution in [0.4, 0.5) is 5.82 Å². The van der Waals surface area contributed by atoms with Crippen LogP contribution in [0.5, 0.6) is 0 Å². The molecule has 2 atom stereocenters. The maximum absolute atomic E-state index is 11.6. The number of nitrogens with one attached hydrogen (secondary N) is 1. The first-order valence-corrected chi connectivity index (χ1v) is 4.83. The van der Waals surface area contributed by atoms with Gasteiger partial charge < -0.3 is 10.4 Å². The van der Waals surface area contributed by atoms with Crippen LogP contribution in [0.15, 0.2) is 18.3 Å². The molecule has 6 nitrogen and oxygen atoms in total. The number of carboxylic acid groups (broad SMARTS) is 1. The number of hydrogen-bond acceptors (Lipinski definition) is 4. The van der Waals surface area contributed by atoms with Crippen molar-refractivity contribution in [2.24, 2.45) is 11.8 Å². The van der Waals surface area contributed by atoms with Crippen LogP contribution in [-0.2, 0) is 9.59 Å². The van der Waals surface area contributed by atoms with E-state index >= 15 is 0 Å². The first kappa shape index (κ1) is 12.1. The molecule has 0 radical (unpaired) electrons. The molecule has 1 heterocycles. The van der Waals surface area contributed by atoms with Crippen LogP contribution in [0.2, 0.25) is 0 Å². The molecule has 16 heavy (non-hydrogen) atoms. The van der Waals surface area contributed by atoms with Crippen LogP contribution >= 0.6 is 0 Å². The van der Waals surface area contributed by atoms with Gasteiger partial charge in [-0.3, -0.25) is 9.59 Å². The number of amides is 1. The third-order valence-corrected chi connectivity index (χ3v) is 2.38. The zero-order valence-electron chi connectivity index (χ0n) is 9.04. The summed E-state index contributed by atoms with van der Waals surface area (Å²) < 4.78 is 0. The topological polar surface area (TPSA) is 92.2 Å². The number of carbonyl (C=O) groups is 2. The van der Waals surface area contributed by atoms with Crippen molar-refractivity contribution in [3.05, 3.63) is 18.3 Å². The lowest BCUT2D eigenvalue weighted by Gasteiger charge is -2.14. The number of aromatic nitrogens is 2. The van der Waals surface area contributed by atoms with Gasteiger partial charge in [0.1, 0.15) is 0 Å². The van der Waals surface area contributed by atoms with E-state index in [2.05, 4.69) is 15.5 Å². The molecule has 2 N–H and O–H groups in total. The molecule has 6 heteroatoms. The fourth-order valence-corrected chi connectivity index (χ4v) is 1.05. The zero-order valence-corrected chi connectivity index (χ0v) is 9.04. The van der Waals surface area contributed by atoms with Crippen molar-refractivity contribution >= 4 is 17.7 Å². The molecule has 0 fully saturated rings. The third kappa shape index (κ3) is 3.01. The summed E-state index contributed by atoms with van der Waals surface area (Å²) in [6, 6.07) is 3.22. The van der Waals surface area contributed by atoms with E-state index in [9.17, 15) is 9.59 Å². The largest absolute Gasteiger partial charge is 0.481 e. The van der Waals surface area contributed by atoms with Crippen molar-refractivity contribution in [3.63, 3.8) is 0 Å². The Morgan fingerprint density at radius 1 is 1.38 bits per heavy atom. The fraction of sp³-hybridized carbons (Fsp3) is 0.400. The number of rotatable bonds is 4. The Hall–Kier alpha value is -1.98. The number of carbonyl (C=O) groups excluding carboxylic acids is 1. The standard InChI is InChI=1S/C10H13N3O3/c1-6(7(2)10(15)16)9(14)12-8-4-3-5-11-13-8/h3-7H,1-2H3,(H,15,16)(H,12,13,14). The second-order valence-corrected chi connectivity index (χ2v) is 3.51. The molecule has 1 rings (SSSR count). The molecular weight excluding hydrogens is 210 g/mol. The van der Waals surface area contributed by atoms with Gasteiger partial charge in [0, 0.05) is 12.1 Å². The van der Waals surface area contributed by atoms with Crippen molar-refractivity contribution in [1.82, 2.24) is 10.2 Å². The third-order valence-electron chi connectivity index (χ3n) is 2.38. The van der Waals surface area contributed by atoms with Crippen LogP contribution in [0.25, 0.3) is 0 Å². The normalized spacial score (nSPS) is 13.9. The number of carboxylic acids is 1. The number of nitrogens with zero attached hydrogens (tertiary/aromatic N) is 2. The minimum Gasteiger partial charge on any atom is -0.481 e. The SMILES string of the molecule is CC(C(=O)O)C(C)C(=O)Nc1cccnn1. The Morgan fingerprint density at radius 3 is 2.56 bits per heavy atom. The predicted octanol–water partition coefficient (Wildman–Crippen LogP) is 0.772. The Balaban J connectivity index is 2.63. The highest BCUT2D eigenvalue weighted by Crippen LogP contribution is 2.13. The summed E-state index contributed by atoms with van der Waals surface area (Å²) >= 11 is 0. The molecule has 2 unspecified atom stereocenters. The Labute approximate surface area is 92.7 Å². The summed E-state index contributed by atoms with van der Waals surface area (Å²) in [6.45, 7) is 3.05. The van der Waals surface area contributed by atoms with Crippen LogP contribution in [0, 0.1) is 11.8 Å². The molecule has 0 saturated carbocycles. The maximum Gasteiger partial charge on any atom is 0.307 e. The van der Waals surface area contributed by atoms with Crippen LogP contribution in [0.3, 0.4) is 0 Å². The van der Waals surface area contributed by atoms with E-state index in [4.69, 9.17) is 5.11 Å². The average Bonchev–Trinajstić information content (AvgIpc) is 2.28. The molecular formula is C10H13N3O3. The molecule has 0 spiro atoms. The van der Waals surface area contributed by atoms with Crippen molar-refractivity contribution < 1.29 is 14.7 Å². The van der Waals surface area contributed by atoms with E-state index in [1.807, 2.05) is 0 Å². The quantitative estimate of drug-likeness (QED) is 0.786. The molecule has 0 aliphatic rings. The van der Waals surface area contributed by atoms with Crippen molar-refractivity contribution in [1.29, 1.82) is 0 Å². The highest BCUT2D eigenvalue weighted by Gasteiger charge is 2.25. The molecule has 0 bridgehead atoms. The predicted molar refractivity (Wildman–Crippen MR) is 56.6 cm³/mol. The minimum absolute atomic E-state index is 0.317. The van der Waals surface area contributed by atoms with E-state index in [-0.39, 0.29) is 5.91 Å². The summed E-state index contributed by atoms with van der Waals surface area (Å²) in [7, 11) is 0. The second kappa shape index (κ2) is 5.20. The molecule has 86 valence electrons. The highest BCUT2D eigenvalue weighted by atomic mass is 16.4.